The first kappa shape index (κ1) is 16.0. The van der Waals surface area contributed by atoms with Gasteiger partial charge in [0, 0.05) is 0 Å². The highest BCUT2D eigenvalue weighted by Crippen LogP contribution is 2.40. The van der Waals surface area contributed by atoms with Crippen LogP contribution in [0.15, 0.2) is 0 Å². The maximum Gasteiger partial charge on any atom is -0.0272 e. The van der Waals surface area contributed by atoms with E-state index in [1.165, 1.54) is 57.8 Å². The predicted molar refractivity (Wildman–Crippen MR) is 75.5 cm³/mol. The molecule has 0 amide bonds. The fourth-order valence-corrected chi connectivity index (χ4v) is 2.78. The molecule has 0 aromatic rings. The standard InChI is InChI=1S/C16H33/c1-6-10-12-13-15(8-3)16(5,9-4)14-11-7-2/h15H,5-14H2,1-4H3. The van der Waals surface area contributed by atoms with Gasteiger partial charge in [0.1, 0.15) is 0 Å². The third-order valence-corrected chi connectivity index (χ3v) is 4.25. The zero-order chi connectivity index (χ0) is 12.4. The van der Waals surface area contributed by atoms with Crippen LogP contribution in [0.2, 0.25) is 0 Å². The monoisotopic (exact) mass is 225 g/mol. The summed E-state index contributed by atoms with van der Waals surface area (Å²) in [7, 11) is 0. The number of unbranched alkanes of at least 4 members (excludes halogenated alkanes) is 3. The van der Waals surface area contributed by atoms with E-state index in [-0.39, 0.29) is 0 Å². The summed E-state index contributed by atoms with van der Waals surface area (Å²) in [6, 6.07) is 0. The summed E-state index contributed by atoms with van der Waals surface area (Å²) in [4.78, 5) is 0. The molecule has 0 aliphatic carbocycles. The average Bonchev–Trinajstić information content (AvgIpc) is 2.31. The molecule has 2 atom stereocenters. The lowest BCUT2D eigenvalue weighted by Gasteiger charge is -2.37. The third-order valence-electron chi connectivity index (χ3n) is 4.25. The molecule has 0 nitrogen and oxygen atoms in total. The van der Waals surface area contributed by atoms with Gasteiger partial charge in [0.25, 0.3) is 0 Å². The molecule has 0 heteroatoms. The summed E-state index contributed by atoms with van der Waals surface area (Å²) >= 11 is 0. The van der Waals surface area contributed by atoms with Gasteiger partial charge in [0.2, 0.25) is 0 Å². The Hall–Kier alpha value is 0. The average molecular weight is 225 g/mol. The molecular formula is C16H33. The number of rotatable bonds is 10. The van der Waals surface area contributed by atoms with Crippen molar-refractivity contribution in [2.75, 3.05) is 0 Å². The summed E-state index contributed by atoms with van der Waals surface area (Å²) in [5.41, 5.74) is 0.360. The maximum absolute atomic E-state index is 4.58. The summed E-state index contributed by atoms with van der Waals surface area (Å²) < 4.78 is 0. The highest BCUT2D eigenvalue weighted by Gasteiger charge is 2.30. The molecule has 16 heavy (non-hydrogen) atoms. The van der Waals surface area contributed by atoms with E-state index in [1.807, 2.05) is 0 Å². The van der Waals surface area contributed by atoms with E-state index in [9.17, 15) is 0 Å². The molecule has 0 rings (SSSR count). The van der Waals surface area contributed by atoms with E-state index in [4.69, 9.17) is 0 Å². The van der Waals surface area contributed by atoms with E-state index in [2.05, 4.69) is 34.6 Å². The molecule has 97 valence electrons. The highest BCUT2D eigenvalue weighted by atomic mass is 14.3. The molecule has 0 N–H and O–H groups in total. The van der Waals surface area contributed by atoms with Gasteiger partial charge >= 0.3 is 0 Å². The first-order valence-electron chi connectivity index (χ1n) is 7.49. The lowest BCUT2D eigenvalue weighted by molar-refractivity contribution is 0.171. The van der Waals surface area contributed by atoms with Crippen molar-refractivity contribution in [1.82, 2.24) is 0 Å². The van der Waals surface area contributed by atoms with Gasteiger partial charge in [0.05, 0.1) is 0 Å². The van der Waals surface area contributed by atoms with Crippen molar-refractivity contribution < 1.29 is 0 Å². The lowest BCUT2D eigenvalue weighted by atomic mass is 9.68. The quantitative estimate of drug-likeness (QED) is 0.399. The summed E-state index contributed by atoms with van der Waals surface area (Å²) in [6.45, 7) is 13.8. The summed E-state index contributed by atoms with van der Waals surface area (Å²) in [6.07, 6.45) is 12.1. The van der Waals surface area contributed by atoms with Gasteiger partial charge in [-0.1, -0.05) is 72.6 Å². The Kier molecular flexibility index (Phi) is 9.07. The van der Waals surface area contributed by atoms with E-state index in [0.29, 0.717) is 5.41 Å². The Balaban J connectivity index is 4.23. The third kappa shape index (κ3) is 5.37. The molecular weight excluding hydrogens is 192 g/mol. The Morgan fingerprint density at radius 1 is 0.938 bits per heavy atom. The summed E-state index contributed by atoms with van der Waals surface area (Å²) in [5, 5.41) is 0. The van der Waals surface area contributed by atoms with Gasteiger partial charge in [-0.05, 0) is 31.1 Å². The van der Waals surface area contributed by atoms with Crippen LogP contribution >= 0.6 is 0 Å². The normalized spacial score (nSPS) is 17.1. The van der Waals surface area contributed by atoms with Gasteiger partial charge < -0.3 is 0 Å². The second-order valence-corrected chi connectivity index (χ2v) is 5.42. The molecule has 0 bridgehead atoms. The lowest BCUT2D eigenvalue weighted by Crippen LogP contribution is -2.27. The molecule has 0 aromatic carbocycles. The van der Waals surface area contributed by atoms with Gasteiger partial charge in [-0.2, -0.15) is 0 Å². The van der Waals surface area contributed by atoms with Crippen molar-refractivity contribution in [3.63, 3.8) is 0 Å². The van der Waals surface area contributed by atoms with Gasteiger partial charge in [0.15, 0.2) is 0 Å². The van der Waals surface area contributed by atoms with E-state index in [1.54, 1.807) is 0 Å². The van der Waals surface area contributed by atoms with Crippen molar-refractivity contribution in [3.8, 4) is 0 Å². The van der Waals surface area contributed by atoms with Crippen LogP contribution in [-0.4, -0.2) is 0 Å². The van der Waals surface area contributed by atoms with Crippen LogP contribution in [0.4, 0.5) is 0 Å². The molecule has 2 unspecified atom stereocenters. The Bertz CT molecular complexity index is 150. The van der Waals surface area contributed by atoms with Crippen LogP contribution in [0.1, 0.15) is 85.5 Å². The maximum atomic E-state index is 4.58. The van der Waals surface area contributed by atoms with Crippen LogP contribution < -0.4 is 0 Å². The fourth-order valence-electron chi connectivity index (χ4n) is 2.78. The first-order chi connectivity index (χ1) is 7.64. The van der Waals surface area contributed by atoms with Crippen molar-refractivity contribution in [1.29, 1.82) is 0 Å². The second kappa shape index (κ2) is 9.07. The fraction of sp³-hybridized carbons (Fsp3) is 0.938. The number of hydrogen-bond acceptors (Lipinski definition) is 0. The zero-order valence-corrected chi connectivity index (χ0v) is 12.1. The van der Waals surface area contributed by atoms with Crippen LogP contribution in [0.25, 0.3) is 0 Å². The molecule has 0 spiro atoms. The van der Waals surface area contributed by atoms with Gasteiger partial charge in [-0.15, -0.1) is 0 Å². The minimum atomic E-state index is 0.360. The molecule has 0 fully saturated rings. The molecule has 0 saturated heterocycles. The van der Waals surface area contributed by atoms with Crippen molar-refractivity contribution in [2.45, 2.75) is 85.5 Å². The largest absolute Gasteiger partial charge is 0.0654 e. The zero-order valence-electron chi connectivity index (χ0n) is 12.1. The molecule has 0 aliphatic heterocycles. The van der Waals surface area contributed by atoms with Crippen LogP contribution in [0.3, 0.4) is 0 Å². The minimum Gasteiger partial charge on any atom is -0.0654 e. The van der Waals surface area contributed by atoms with Gasteiger partial charge in [-0.25, -0.2) is 0 Å². The van der Waals surface area contributed by atoms with Crippen LogP contribution in [0, 0.1) is 18.3 Å². The first-order valence-corrected chi connectivity index (χ1v) is 7.49. The van der Waals surface area contributed by atoms with Crippen molar-refractivity contribution >= 4 is 0 Å². The highest BCUT2D eigenvalue weighted by molar-refractivity contribution is 4.87. The van der Waals surface area contributed by atoms with Crippen LogP contribution in [-0.2, 0) is 0 Å². The minimum absolute atomic E-state index is 0.360. The topological polar surface area (TPSA) is 0 Å². The Labute approximate surface area is 104 Å². The molecule has 0 aliphatic rings. The molecule has 0 aromatic heterocycles. The van der Waals surface area contributed by atoms with Crippen molar-refractivity contribution in [2.24, 2.45) is 11.3 Å². The van der Waals surface area contributed by atoms with Gasteiger partial charge in [-0.3, -0.25) is 0 Å². The van der Waals surface area contributed by atoms with E-state index in [0.717, 1.165) is 5.92 Å². The molecule has 1 radical (unpaired) electrons. The smallest absolute Gasteiger partial charge is 0.0272 e. The summed E-state index contributed by atoms with van der Waals surface area (Å²) in [5.74, 6) is 0.843. The molecule has 0 saturated carbocycles. The van der Waals surface area contributed by atoms with Crippen molar-refractivity contribution in [3.05, 3.63) is 6.92 Å². The van der Waals surface area contributed by atoms with E-state index < -0.39 is 0 Å². The Morgan fingerprint density at radius 3 is 2.00 bits per heavy atom. The van der Waals surface area contributed by atoms with E-state index >= 15 is 0 Å². The molecule has 0 heterocycles. The second-order valence-electron chi connectivity index (χ2n) is 5.42. The SMILES string of the molecule is [CH2]C(CC)(CCCC)C(CC)CCCCC. The van der Waals surface area contributed by atoms with Crippen LogP contribution in [0.5, 0.6) is 0 Å². The Morgan fingerprint density at radius 2 is 1.56 bits per heavy atom. The number of hydrogen-bond donors (Lipinski definition) is 0. The predicted octanol–water partition coefficient (Wildman–Crippen LogP) is 6.01.